The Kier molecular flexibility index (Phi) is 6.61. The number of carbonyl (C=O) groups excluding carboxylic acids is 1. The van der Waals surface area contributed by atoms with Crippen LogP contribution in [-0.2, 0) is 9.53 Å². The lowest BCUT2D eigenvalue weighted by atomic mass is 10.2. The van der Waals surface area contributed by atoms with E-state index in [1.807, 2.05) is 13.8 Å². The van der Waals surface area contributed by atoms with E-state index in [0.717, 1.165) is 0 Å². The van der Waals surface area contributed by atoms with Crippen molar-refractivity contribution in [3.63, 3.8) is 0 Å². The Morgan fingerprint density at radius 2 is 2.00 bits per heavy atom. The summed E-state index contributed by atoms with van der Waals surface area (Å²) < 4.78 is 4.57. The molecule has 1 N–H and O–H groups in total. The van der Waals surface area contributed by atoms with Gasteiger partial charge in [-0.3, -0.25) is 4.79 Å². The summed E-state index contributed by atoms with van der Waals surface area (Å²) in [4.78, 5) is 31.0. The Hall–Kier alpha value is -1.63. The van der Waals surface area contributed by atoms with Crippen molar-refractivity contribution in [1.82, 2.24) is 9.97 Å². The number of carbonyl (C=O) groups is 2. The van der Waals surface area contributed by atoms with Crippen molar-refractivity contribution in [2.45, 2.75) is 44.6 Å². The highest BCUT2D eigenvalue weighted by Gasteiger charge is 2.19. The van der Waals surface area contributed by atoms with Gasteiger partial charge < -0.3 is 9.84 Å². The molecule has 0 aromatic carbocycles. The molecule has 6 nitrogen and oxygen atoms in total. The Morgan fingerprint density at radius 3 is 2.52 bits per heavy atom. The van der Waals surface area contributed by atoms with Gasteiger partial charge in [0.05, 0.1) is 12.8 Å². The van der Waals surface area contributed by atoms with Crippen LogP contribution >= 0.6 is 11.8 Å². The molecule has 0 aliphatic heterocycles. The highest BCUT2D eigenvalue weighted by molar-refractivity contribution is 7.99. The minimum Gasteiger partial charge on any atom is -0.478 e. The number of nitrogens with zero attached hydrogens (tertiary/aromatic N) is 2. The maximum absolute atomic E-state index is 11.3. The number of aromatic nitrogens is 2. The first-order valence-electron chi connectivity index (χ1n) is 6.68. The number of hydrogen-bond acceptors (Lipinski definition) is 6. The molecule has 0 saturated carbocycles. The smallest absolute Gasteiger partial charge is 0.340 e. The molecular formula is C14H20N2O4S. The topological polar surface area (TPSA) is 89.4 Å². The second kappa shape index (κ2) is 7.97. The molecule has 1 aromatic heterocycles. The number of hydrogen-bond donors (Lipinski definition) is 1. The van der Waals surface area contributed by atoms with Crippen LogP contribution < -0.4 is 0 Å². The van der Waals surface area contributed by atoms with Gasteiger partial charge in [-0.05, 0) is 13.3 Å². The Morgan fingerprint density at radius 1 is 1.33 bits per heavy atom. The third-order valence-corrected chi connectivity index (χ3v) is 3.86. The molecule has 116 valence electrons. The summed E-state index contributed by atoms with van der Waals surface area (Å²) >= 11 is 1.33. The molecule has 0 saturated heterocycles. The van der Waals surface area contributed by atoms with E-state index in [9.17, 15) is 14.7 Å². The van der Waals surface area contributed by atoms with Crippen LogP contribution in [0.15, 0.2) is 5.03 Å². The van der Waals surface area contributed by atoms with Crippen LogP contribution in [-0.4, -0.2) is 39.9 Å². The number of rotatable bonds is 7. The van der Waals surface area contributed by atoms with Crippen molar-refractivity contribution >= 4 is 23.7 Å². The number of methoxy groups -OCH3 is 1. The SMILES string of the molecule is COC(=O)CCCSc1nc(C(C)C)nc(C)c1C(=O)O. The first-order chi connectivity index (χ1) is 9.86. The van der Waals surface area contributed by atoms with E-state index < -0.39 is 5.97 Å². The van der Waals surface area contributed by atoms with Crippen molar-refractivity contribution < 1.29 is 19.4 Å². The van der Waals surface area contributed by atoms with Crippen molar-refractivity contribution in [2.75, 3.05) is 12.9 Å². The quantitative estimate of drug-likeness (QED) is 0.358. The third kappa shape index (κ3) is 5.00. The molecule has 1 aromatic rings. The largest absolute Gasteiger partial charge is 0.478 e. The van der Waals surface area contributed by atoms with Gasteiger partial charge in [0, 0.05) is 18.1 Å². The fourth-order valence-electron chi connectivity index (χ4n) is 1.66. The average molecular weight is 312 g/mol. The highest BCUT2D eigenvalue weighted by Crippen LogP contribution is 2.25. The van der Waals surface area contributed by atoms with E-state index in [0.29, 0.717) is 35.1 Å². The zero-order valence-electron chi connectivity index (χ0n) is 12.7. The van der Waals surface area contributed by atoms with Gasteiger partial charge in [0.1, 0.15) is 16.4 Å². The Labute approximate surface area is 128 Å². The van der Waals surface area contributed by atoms with Gasteiger partial charge in [0.25, 0.3) is 0 Å². The van der Waals surface area contributed by atoms with Crippen LogP contribution in [0, 0.1) is 6.92 Å². The van der Waals surface area contributed by atoms with Gasteiger partial charge in [-0.1, -0.05) is 13.8 Å². The summed E-state index contributed by atoms with van der Waals surface area (Å²) in [5.74, 6) is 0.0617. The lowest BCUT2D eigenvalue weighted by Crippen LogP contribution is -2.11. The van der Waals surface area contributed by atoms with E-state index >= 15 is 0 Å². The second-order valence-corrected chi connectivity index (χ2v) is 5.92. The molecule has 0 bridgehead atoms. The zero-order valence-corrected chi connectivity index (χ0v) is 13.5. The lowest BCUT2D eigenvalue weighted by molar-refractivity contribution is -0.140. The fraction of sp³-hybridized carbons (Fsp3) is 0.571. The van der Waals surface area contributed by atoms with Crippen molar-refractivity contribution in [3.8, 4) is 0 Å². The number of carboxylic acids is 1. The third-order valence-electron chi connectivity index (χ3n) is 2.80. The molecule has 0 spiro atoms. The fourth-order valence-corrected chi connectivity index (χ4v) is 2.68. The highest BCUT2D eigenvalue weighted by atomic mass is 32.2. The molecule has 0 amide bonds. The number of aryl methyl sites for hydroxylation is 1. The lowest BCUT2D eigenvalue weighted by Gasteiger charge is -2.11. The molecule has 0 fully saturated rings. The average Bonchev–Trinajstić information content (AvgIpc) is 2.41. The van der Waals surface area contributed by atoms with E-state index in [2.05, 4.69) is 14.7 Å². The Bertz CT molecular complexity index is 532. The van der Waals surface area contributed by atoms with Crippen LogP contribution in [0.5, 0.6) is 0 Å². The number of esters is 1. The summed E-state index contributed by atoms with van der Waals surface area (Å²) in [5.41, 5.74) is 0.610. The van der Waals surface area contributed by atoms with Crippen molar-refractivity contribution in [3.05, 3.63) is 17.1 Å². The zero-order chi connectivity index (χ0) is 16.0. The number of aromatic carboxylic acids is 1. The summed E-state index contributed by atoms with van der Waals surface area (Å²) in [6, 6.07) is 0. The van der Waals surface area contributed by atoms with E-state index in [1.54, 1.807) is 6.92 Å². The van der Waals surface area contributed by atoms with E-state index in [-0.39, 0.29) is 17.5 Å². The van der Waals surface area contributed by atoms with Crippen LogP contribution in [0.3, 0.4) is 0 Å². The molecule has 0 aliphatic rings. The van der Waals surface area contributed by atoms with E-state index in [1.165, 1.54) is 18.9 Å². The van der Waals surface area contributed by atoms with Crippen LogP contribution in [0.2, 0.25) is 0 Å². The molecule has 0 atom stereocenters. The van der Waals surface area contributed by atoms with E-state index in [4.69, 9.17) is 0 Å². The summed E-state index contributed by atoms with van der Waals surface area (Å²) in [5, 5.41) is 9.75. The van der Waals surface area contributed by atoms with Gasteiger partial charge in [-0.15, -0.1) is 11.8 Å². The molecule has 21 heavy (non-hydrogen) atoms. The predicted octanol–water partition coefficient (Wildman–Crippen LogP) is 2.65. The van der Waals surface area contributed by atoms with Gasteiger partial charge in [-0.25, -0.2) is 14.8 Å². The van der Waals surface area contributed by atoms with Crippen molar-refractivity contribution in [2.24, 2.45) is 0 Å². The van der Waals surface area contributed by atoms with Crippen LogP contribution in [0.1, 0.15) is 54.5 Å². The normalized spacial score (nSPS) is 10.7. The molecule has 7 heteroatoms. The molecule has 0 aliphatic carbocycles. The van der Waals surface area contributed by atoms with Crippen LogP contribution in [0.4, 0.5) is 0 Å². The second-order valence-electron chi connectivity index (χ2n) is 4.84. The monoisotopic (exact) mass is 312 g/mol. The van der Waals surface area contributed by atoms with Gasteiger partial charge in [-0.2, -0.15) is 0 Å². The number of carboxylic acid groups (broad SMARTS) is 1. The summed E-state index contributed by atoms with van der Waals surface area (Å²) in [6.07, 6.45) is 0.920. The summed E-state index contributed by atoms with van der Waals surface area (Å²) in [7, 11) is 1.35. The van der Waals surface area contributed by atoms with Crippen molar-refractivity contribution in [1.29, 1.82) is 0 Å². The maximum atomic E-state index is 11.3. The Balaban J connectivity index is 2.87. The standard InChI is InChI=1S/C14H20N2O4S/c1-8(2)12-15-9(3)11(14(18)19)13(16-12)21-7-5-6-10(17)20-4/h8H,5-7H2,1-4H3,(H,18,19). The van der Waals surface area contributed by atoms with Gasteiger partial charge in [0.15, 0.2) is 0 Å². The number of ether oxygens (including phenoxy) is 1. The molecule has 1 rings (SSSR count). The maximum Gasteiger partial charge on any atom is 0.340 e. The molecule has 0 unspecified atom stereocenters. The minimum atomic E-state index is -1.03. The molecule has 1 heterocycles. The molecule has 0 radical (unpaired) electrons. The summed E-state index contributed by atoms with van der Waals surface area (Å²) in [6.45, 7) is 5.59. The van der Waals surface area contributed by atoms with Gasteiger partial charge in [0.2, 0.25) is 0 Å². The van der Waals surface area contributed by atoms with Crippen LogP contribution in [0.25, 0.3) is 0 Å². The number of thioether (sulfide) groups is 1. The molecular weight excluding hydrogens is 292 g/mol. The van der Waals surface area contributed by atoms with Gasteiger partial charge >= 0.3 is 11.9 Å². The first kappa shape index (κ1) is 17.4. The minimum absolute atomic E-state index is 0.126. The predicted molar refractivity (Wildman–Crippen MR) is 79.8 cm³/mol. The first-order valence-corrected chi connectivity index (χ1v) is 7.66.